The van der Waals surface area contributed by atoms with Gasteiger partial charge in [-0.05, 0) is 55.0 Å². The molecule has 1 unspecified atom stereocenters. The zero-order chi connectivity index (χ0) is 34.6. The molecule has 1 aliphatic rings. The van der Waals surface area contributed by atoms with E-state index in [9.17, 15) is 14.5 Å². The Morgan fingerprint density at radius 1 is 1.02 bits per heavy atom. The largest absolute Gasteiger partial charge is 0.598 e. The van der Waals surface area contributed by atoms with Gasteiger partial charge in [-0.3, -0.25) is 9.36 Å². The summed E-state index contributed by atoms with van der Waals surface area (Å²) in [6.45, 7) is 3.00. The number of benzene rings is 3. The topological polar surface area (TPSA) is 113 Å². The Bertz CT molecular complexity index is 2240. The highest BCUT2D eigenvalue weighted by Gasteiger charge is 2.29. The van der Waals surface area contributed by atoms with Gasteiger partial charge in [0.15, 0.2) is 0 Å². The monoisotopic (exact) mass is 716 g/mol. The van der Waals surface area contributed by atoms with E-state index in [1.807, 2.05) is 54.3 Å². The normalized spacial score (nSPS) is 15.2. The number of aryl methyl sites for hydroxylation is 4. The van der Waals surface area contributed by atoms with Crippen molar-refractivity contribution < 1.29 is 19.2 Å². The van der Waals surface area contributed by atoms with E-state index in [-0.39, 0.29) is 12.2 Å². The van der Waals surface area contributed by atoms with Crippen LogP contribution in [0.2, 0.25) is 5.02 Å². The maximum Gasteiger partial charge on any atom is 0.352 e. The average Bonchev–Trinajstić information content (AvgIpc) is 3.66. The van der Waals surface area contributed by atoms with Crippen LogP contribution in [0.25, 0.3) is 32.8 Å². The third-order valence-electron chi connectivity index (χ3n) is 9.34. The van der Waals surface area contributed by atoms with Crippen molar-refractivity contribution in [2.75, 3.05) is 12.9 Å². The lowest BCUT2D eigenvalue weighted by Crippen LogP contribution is -2.29. The fourth-order valence-electron chi connectivity index (χ4n) is 6.89. The standard InChI is InChI=1S/C36H37ClN6O4S2/c1-21-32-30(39-41(21)3)19-43(49(5)46)18-23-16-24(42(4)38-23)20-48-25-15-22-9-6-7-10-26(22)31(17-25)47-14-8-11-27-28-12-13-29(37)33(32)34(28)40(2)35(27)36(44)45/h6-7,9-10,12-13,15-17H,8,11,14,18-20H2,1-5H3,(H,44,45). The van der Waals surface area contributed by atoms with Crippen LogP contribution in [0.5, 0.6) is 5.75 Å². The van der Waals surface area contributed by atoms with E-state index in [2.05, 4.69) is 30.3 Å². The minimum absolute atomic E-state index is 0.217. The lowest BCUT2D eigenvalue weighted by molar-refractivity contribution is 0.0685. The van der Waals surface area contributed by atoms with E-state index in [1.165, 1.54) is 0 Å². The van der Waals surface area contributed by atoms with Crippen molar-refractivity contribution in [2.24, 2.45) is 21.1 Å². The highest BCUT2D eigenvalue weighted by molar-refractivity contribution is 7.98. The molecule has 0 radical (unpaired) electrons. The predicted octanol–water partition coefficient (Wildman–Crippen LogP) is 7.04. The Morgan fingerprint density at radius 3 is 2.59 bits per heavy atom. The summed E-state index contributed by atoms with van der Waals surface area (Å²) >= 11 is 7.37. The first-order valence-electron chi connectivity index (χ1n) is 16.0. The summed E-state index contributed by atoms with van der Waals surface area (Å²) in [5.74, 6) is 0.479. The van der Waals surface area contributed by atoms with E-state index >= 15 is 0 Å². The van der Waals surface area contributed by atoms with Crippen LogP contribution >= 0.6 is 23.4 Å². The van der Waals surface area contributed by atoms with Crippen molar-refractivity contribution in [3.8, 4) is 16.9 Å². The molecule has 0 saturated carbocycles. The molecule has 4 heterocycles. The van der Waals surface area contributed by atoms with Gasteiger partial charge in [-0.25, -0.2) is 4.79 Å². The summed E-state index contributed by atoms with van der Waals surface area (Å²) in [6.07, 6.45) is 2.76. The number of hydrogen-bond acceptors (Lipinski definition) is 7. The van der Waals surface area contributed by atoms with Crippen molar-refractivity contribution in [3.05, 3.63) is 93.7 Å². The van der Waals surface area contributed by atoms with E-state index < -0.39 is 17.3 Å². The number of carboxylic acids is 1. The number of nitrogens with zero attached hydrogens (tertiary/aromatic N) is 6. The van der Waals surface area contributed by atoms with E-state index in [0.717, 1.165) is 60.5 Å². The Morgan fingerprint density at radius 2 is 1.82 bits per heavy atom. The van der Waals surface area contributed by atoms with Gasteiger partial charge in [0.1, 0.15) is 17.7 Å². The molecule has 0 fully saturated rings. The Balaban J connectivity index is 1.40. The number of halogens is 1. The summed E-state index contributed by atoms with van der Waals surface area (Å²) in [5.41, 5.74) is 6.59. The number of thioether (sulfide) groups is 1. The van der Waals surface area contributed by atoms with Crippen LogP contribution in [-0.4, -0.2) is 56.9 Å². The van der Waals surface area contributed by atoms with Crippen LogP contribution in [0.1, 0.15) is 45.2 Å². The maximum atomic E-state index is 13.2. The minimum Gasteiger partial charge on any atom is -0.598 e. The first-order valence-corrected chi connectivity index (χ1v) is 18.8. The fourth-order valence-corrected chi connectivity index (χ4v) is 8.74. The number of rotatable bonds is 2. The third kappa shape index (κ3) is 6.21. The van der Waals surface area contributed by atoms with E-state index in [0.29, 0.717) is 48.0 Å². The van der Waals surface area contributed by atoms with Gasteiger partial charge < -0.3 is 19.0 Å². The quantitative estimate of drug-likeness (QED) is 0.190. The Labute approximate surface area is 296 Å². The van der Waals surface area contributed by atoms with E-state index in [4.69, 9.17) is 26.5 Å². The minimum atomic E-state index is -1.35. The zero-order valence-corrected chi connectivity index (χ0v) is 30.4. The van der Waals surface area contributed by atoms with Crippen molar-refractivity contribution >= 4 is 62.4 Å². The molecule has 1 aliphatic heterocycles. The SMILES string of the molecule is Cc1c2c(nn1C)CN([S+](C)[O-])Cc1cc(n(C)n1)CSc1cc(c3ccccc3c1)OCCCc1c(C(=O)O)n(C)c3c-2c(Cl)ccc13. The molecule has 0 amide bonds. The molecule has 7 rings (SSSR count). The van der Waals surface area contributed by atoms with Crippen LogP contribution in [0.4, 0.5) is 0 Å². The van der Waals surface area contributed by atoms with Crippen molar-refractivity contribution in [1.29, 1.82) is 0 Å². The molecule has 10 nitrogen and oxygen atoms in total. The number of aromatic nitrogens is 5. The molecule has 1 N–H and O–H groups in total. The van der Waals surface area contributed by atoms with Gasteiger partial charge in [-0.15, -0.1) is 16.1 Å². The molecule has 3 aromatic carbocycles. The Kier molecular flexibility index (Phi) is 9.18. The van der Waals surface area contributed by atoms with Crippen LogP contribution in [0.15, 0.2) is 59.5 Å². The molecule has 3 aromatic heterocycles. The highest BCUT2D eigenvalue weighted by atomic mass is 35.5. The second-order valence-corrected chi connectivity index (χ2v) is 15.2. The molecule has 254 valence electrons. The van der Waals surface area contributed by atoms with Gasteiger partial charge in [-0.2, -0.15) is 10.2 Å². The van der Waals surface area contributed by atoms with Crippen molar-refractivity contribution in [1.82, 2.24) is 28.4 Å². The number of fused-ring (bicyclic) bond motifs is 8. The maximum absolute atomic E-state index is 13.2. The average molecular weight is 717 g/mol. The fraction of sp³-hybridized carbons (Fsp3) is 0.306. The summed E-state index contributed by atoms with van der Waals surface area (Å²) in [6, 6.07) is 18.2. The van der Waals surface area contributed by atoms with Crippen molar-refractivity contribution in [2.45, 2.75) is 43.5 Å². The highest BCUT2D eigenvalue weighted by Crippen LogP contribution is 2.42. The number of hydrogen-bond donors (Lipinski definition) is 1. The number of carboxylic acid groups (broad SMARTS) is 1. The zero-order valence-electron chi connectivity index (χ0n) is 28.0. The predicted molar refractivity (Wildman–Crippen MR) is 196 cm³/mol. The van der Waals surface area contributed by atoms with Crippen LogP contribution in [0.3, 0.4) is 0 Å². The third-order valence-corrected chi connectivity index (χ3v) is 11.6. The molecule has 0 aliphatic carbocycles. The smallest absolute Gasteiger partial charge is 0.352 e. The molecule has 49 heavy (non-hydrogen) atoms. The molecular formula is C36H37ClN6O4S2. The summed E-state index contributed by atoms with van der Waals surface area (Å²) in [4.78, 5) is 13.9. The van der Waals surface area contributed by atoms with Crippen molar-refractivity contribution in [3.63, 3.8) is 0 Å². The lowest BCUT2D eigenvalue weighted by Gasteiger charge is -2.21. The Hall–Kier alpha value is -3.94. The summed E-state index contributed by atoms with van der Waals surface area (Å²) in [7, 11) is 5.58. The second-order valence-electron chi connectivity index (χ2n) is 12.4. The molecule has 0 spiro atoms. The van der Waals surface area contributed by atoms with Gasteiger partial charge >= 0.3 is 5.97 Å². The van der Waals surface area contributed by atoms with Gasteiger partial charge in [-0.1, -0.05) is 41.9 Å². The van der Waals surface area contributed by atoms with Crippen LogP contribution in [-0.2, 0) is 57.8 Å². The summed E-state index contributed by atoms with van der Waals surface area (Å²) < 4.78 is 26.9. The van der Waals surface area contributed by atoms with Gasteiger partial charge in [0.25, 0.3) is 0 Å². The lowest BCUT2D eigenvalue weighted by atomic mass is 9.98. The molecular weight excluding hydrogens is 680 g/mol. The number of aromatic carboxylic acids is 1. The molecule has 13 heteroatoms. The van der Waals surface area contributed by atoms with Gasteiger partial charge in [0.2, 0.25) is 0 Å². The first-order chi connectivity index (χ1) is 23.5. The van der Waals surface area contributed by atoms with Gasteiger partial charge in [0.05, 0.1) is 41.6 Å². The number of carbonyl (C=O) groups is 1. The molecule has 0 saturated heterocycles. The number of ether oxygens (including phenoxy) is 1. The van der Waals surface area contributed by atoms with Crippen LogP contribution < -0.4 is 4.74 Å². The first kappa shape index (κ1) is 33.6. The van der Waals surface area contributed by atoms with Gasteiger partial charge in [0, 0.05) is 76.4 Å². The van der Waals surface area contributed by atoms with Crippen LogP contribution in [0, 0.1) is 6.92 Å². The summed E-state index contributed by atoms with van der Waals surface area (Å²) in [5, 5.41) is 23.6. The molecule has 8 bridgehead atoms. The van der Waals surface area contributed by atoms with E-state index in [1.54, 1.807) is 34.3 Å². The second kappa shape index (κ2) is 13.4. The molecule has 1 atom stereocenters. The molecule has 6 aromatic rings.